The van der Waals surface area contributed by atoms with Crippen LogP contribution in [-0.4, -0.2) is 41.0 Å². The van der Waals surface area contributed by atoms with Gasteiger partial charge in [0.25, 0.3) is 0 Å². The molecule has 0 saturated carbocycles. The maximum absolute atomic E-state index is 12.3. The van der Waals surface area contributed by atoms with Gasteiger partial charge in [-0.15, -0.1) is 0 Å². The molecule has 0 amide bonds. The number of hydrogen-bond donors (Lipinski definition) is 1. The summed E-state index contributed by atoms with van der Waals surface area (Å²) >= 11 is 0. The Labute approximate surface area is 97.6 Å². The first-order valence-corrected chi connectivity index (χ1v) is 5.27. The van der Waals surface area contributed by atoms with Crippen molar-refractivity contribution in [1.82, 2.24) is 9.88 Å². The molecular weight excluding hydrogens is 233 g/mol. The van der Waals surface area contributed by atoms with Gasteiger partial charge in [0, 0.05) is 12.2 Å². The van der Waals surface area contributed by atoms with Crippen molar-refractivity contribution in [3.05, 3.63) is 24.0 Å². The van der Waals surface area contributed by atoms with E-state index in [-0.39, 0.29) is 18.4 Å². The van der Waals surface area contributed by atoms with E-state index in [2.05, 4.69) is 4.98 Å². The van der Waals surface area contributed by atoms with Crippen LogP contribution in [0.1, 0.15) is 24.3 Å². The van der Waals surface area contributed by atoms with E-state index < -0.39 is 12.7 Å². The Morgan fingerprint density at radius 2 is 2.12 bits per heavy atom. The molecule has 0 fully saturated rings. The molecule has 17 heavy (non-hydrogen) atoms. The Morgan fingerprint density at radius 1 is 1.47 bits per heavy atom. The molecule has 1 aromatic heterocycles. The van der Waals surface area contributed by atoms with Crippen molar-refractivity contribution in [2.45, 2.75) is 26.1 Å². The molecule has 6 heteroatoms. The summed E-state index contributed by atoms with van der Waals surface area (Å²) in [6, 6.07) is 2.85. The quantitative estimate of drug-likeness (QED) is 0.812. The fourth-order valence-corrected chi connectivity index (χ4v) is 1.42. The summed E-state index contributed by atoms with van der Waals surface area (Å²) < 4.78 is 36.9. The molecule has 0 spiro atoms. The monoisotopic (exact) mass is 248 g/mol. The summed E-state index contributed by atoms with van der Waals surface area (Å²) in [6.45, 7) is 1.95. The molecule has 1 heterocycles. The molecule has 0 saturated heterocycles. The lowest BCUT2D eigenvalue weighted by Gasteiger charge is -2.26. The number of ketones is 1. The van der Waals surface area contributed by atoms with Gasteiger partial charge in [0.2, 0.25) is 0 Å². The average molecular weight is 248 g/mol. The van der Waals surface area contributed by atoms with Crippen LogP contribution >= 0.6 is 0 Å². The normalized spacial score (nSPS) is 12.4. The molecule has 0 aliphatic carbocycles. The van der Waals surface area contributed by atoms with Gasteiger partial charge in [-0.1, -0.05) is 0 Å². The van der Waals surface area contributed by atoms with Gasteiger partial charge in [-0.2, -0.15) is 13.2 Å². The fraction of sp³-hybridized carbons (Fsp3) is 0.545. The van der Waals surface area contributed by atoms with Gasteiger partial charge in [0.15, 0.2) is 5.78 Å². The number of nitrogens with zero attached hydrogens (tertiary/aromatic N) is 1. The zero-order valence-corrected chi connectivity index (χ0v) is 9.71. The first kappa shape index (κ1) is 13.8. The van der Waals surface area contributed by atoms with Crippen molar-refractivity contribution >= 4 is 5.78 Å². The topological polar surface area (TPSA) is 36.1 Å². The number of carbonyl (C=O) groups excluding carboxylic acids is 1. The Balaban J connectivity index is 2.65. The van der Waals surface area contributed by atoms with Crippen LogP contribution in [0, 0.1) is 0 Å². The molecule has 0 unspecified atom stereocenters. The van der Waals surface area contributed by atoms with E-state index in [0.717, 1.165) is 4.90 Å². The summed E-state index contributed by atoms with van der Waals surface area (Å²) in [5.74, 6) is -0.340. The average Bonchev–Trinajstić information content (AvgIpc) is 2.66. The van der Waals surface area contributed by atoms with Crippen LogP contribution < -0.4 is 0 Å². The van der Waals surface area contributed by atoms with Gasteiger partial charge in [0.1, 0.15) is 0 Å². The minimum atomic E-state index is -4.29. The molecule has 0 radical (unpaired) electrons. The van der Waals surface area contributed by atoms with Gasteiger partial charge >= 0.3 is 6.18 Å². The maximum Gasteiger partial charge on any atom is 0.401 e. The zero-order valence-electron chi connectivity index (χ0n) is 9.71. The van der Waals surface area contributed by atoms with Crippen molar-refractivity contribution in [3.8, 4) is 0 Å². The minimum absolute atomic E-state index is 0.238. The number of rotatable bonds is 5. The highest BCUT2D eigenvalue weighted by Crippen LogP contribution is 2.18. The highest BCUT2D eigenvalue weighted by Gasteiger charge is 2.32. The molecule has 0 aromatic carbocycles. The predicted molar refractivity (Wildman–Crippen MR) is 57.9 cm³/mol. The van der Waals surface area contributed by atoms with E-state index in [4.69, 9.17) is 0 Å². The second-order valence-corrected chi connectivity index (χ2v) is 4.12. The number of hydrogen-bond acceptors (Lipinski definition) is 2. The standard InChI is InChI=1S/C11H15F3N2O/c1-8(2)16(7-11(12,13)14)6-10(17)9-4-3-5-15-9/h3-5,8,15H,6-7H2,1-2H3. The van der Waals surface area contributed by atoms with Gasteiger partial charge in [0.05, 0.1) is 18.8 Å². The highest BCUT2D eigenvalue weighted by atomic mass is 19.4. The smallest absolute Gasteiger partial charge is 0.359 e. The van der Waals surface area contributed by atoms with Crippen LogP contribution in [0.4, 0.5) is 13.2 Å². The number of H-pyrrole nitrogens is 1. The molecule has 0 bridgehead atoms. The van der Waals surface area contributed by atoms with Crippen molar-refractivity contribution in [3.63, 3.8) is 0 Å². The van der Waals surface area contributed by atoms with E-state index in [1.54, 1.807) is 32.2 Å². The fourth-order valence-electron chi connectivity index (χ4n) is 1.42. The molecule has 0 aliphatic heterocycles. The highest BCUT2D eigenvalue weighted by molar-refractivity contribution is 5.95. The Kier molecular flexibility index (Phi) is 4.34. The van der Waals surface area contributed by atoms with Crippen LogP contribution in [0.3, 0.4) is 0 Å². The SMILES string of the molecule is CC(C)N(CC(=O)c1ccc[nH]1)CC(F)(F)F. The largest absolute Gasteiger partial charge is 0.401 e. The third kappa shape index (κ3) is 4.60. The molecule has 0 atom stereocenters. The van der Waals surface area contributed by atoms with Crippen LogP contribution in [0.5, 0.6) is 0 Å². The van der Waals surface area contributed by atoms with Crippen molar-refractivity contribution in [2.75, 3.05) is 13.1 Å². The molecule has 1 N–H and O–H groups in total. The van der Waals surface area contributed by atoms with Gasteiger partial charge in [-0.05, 0) is 26.0 Å². The lowest BCUT2D eigenvalue weighted by molar-refractivity contribution is -0.148. The molecule has 3 nitrogen and oxygen atoms in total. The number of alkyl halides is 3. The number of aromatic nitrogens is 1. The lowest BCUT2D eigenvalue weighted by atomic mass is 10.2. The lowest BCUT2D eigenvalue weighted by Crippen LogP contribution is -2.42. The first-order valence-electron chi connectivity index (χ1n) is 5.27. The molecule has 96 valence electrons. The second kappa shape index (κ2) is 5.35. The van der Waals surface area contributed by atoms with Gasteiger partial charge < -0.3 is 4.98 Å². The number of carbonyl (C=O) groups is 1. The summed E-state index contributed by atoms with van der Waals surface area (Å²) in [4.78, 5) is 15.5. The van der Waals surface area contributed by atoms with Crippen LogP contribution in [0.2, 0.25) is 0 Å². The van der Waals surface area contributed by atoms with Gasteiger partial charge in [-0.25, -0.2) is 0 Å². The van der Waals surface area contributed by atoms with Crippen LogP contribution in [0.25, 0.3) is 0 Å². The summed E-state index contributed by atoms with van der Waals surface area (Å²) in [5.41, 5.74) is 0.331. The zero-order chi connectivity index (χ0) is 13.1. The van der Waals surface area contributed by atoms with E-state index in [0.29, 0.717) is 5.69 Å². The number of Topliss-reactive ketones (excluding diaryl/α,β-unsaturated/α-hetero) is 1. The Morgan fingerprint density at radius 3 is 2.53 bits per heavy atom. The van der Waals surface area contributed by atoms with Crippen molar-refractivity contribution in [2.24, 2.45) is 0 Å². The third-order valence-corrected chi connectivity index (χ3v) is 2.36. The second-order valence-electron chi connectivity index (χ2n) is 4.12. The molecule has 1 rings (SSSR count). The van der Waals surface area contributed by atoms with Crippen LogP contribution in [-0.2, 0) is 0 Å². The van der Waals surface area contributed by atoms with Crippen molar-refractivity contribution in [1.29, 1.82) is 0 Å². The summed E-state index contributed by atoms with van der Waals surface area (Å²) in [6.07, 6.45) is -2.73. The predicted octanol–water partition coefficient (Wildman–Crippen LogP) is 2.47. The maximum atomic E-state index is 12.3. The number of nitrogens with one attached hydrogen (secondary N) is 1. The molecule has 1 aromatic rings. The molecular formula is C11H15F3N2O. The van der Waals surface area contributed by atoms with E-state index in [9.17, 15) is 18.0 Å². The minimum Gasteiger partial charge on any atom is -0.359 e. The number of halogens is 3. The summed E-state index contributed by atoms with van der Waals surface area (Å²) in [5, 5.41) is 0. The Hall–Kier alpha value is -1.30. The summed E-state index contributed by atoms with van der Waals surface area (Å²) in [7, 11) is 0. The van der Waals surface area contributed by atoms with Crippen molar-refractivity contribution < 1.29 is 18.0 Å². The first-order chi connectivity index (χ1) is 7.79. The van der Waals surface area contributed by atoms with Gasteiger partial charge in [-0.3, -0.25) is 9.69 Å². The molecule has 0 aliphatic rings. The van der Waals surface area contributed by atoms with E-state index in [1.807, 2.05) is 0 Å². The third-order valence-electron chi connectivity index (χ3n) is 2.36. The van der Waals surface area contributed by atoms with E-state index in [1.165, 1.54) is 0 Å². The number of aromatic amines is 1. The Bertz CT molecular complexity index is 357. The van der Waals surface area contributed by atoms with Crippen LogP contribution in [0.15, 0.2) is 18.3 Å². The van der Waals surface area contributed by atoms with E-state index >= 15 is 0 Å².